The van der Waals surface area contributed by atoms with Crippen LogP contribution in [0.1, 0.15) is 39.3 Å². The minimum absolute atomic E-state index is 0.00653. The van der Waals surface area contributed by atoms with Crippen LogP contribution in [0, 0.1) is 0 Å². The van der Waals surface area contributed by atoms with Gasteiger partial charge >= 0.3 is 0 Å². The molecule has 0 N–H and O–H groups in total. The van der Waals surface area contributed by atoms with Crippen molar-refractivity contribution in [1.29, 1.82) is 0 Å². The Balaban J connectivity index is 2.38. The molecule has 1 aliphatic heterocycles. The highest BCUT2D eigenvalue weighted by Gasteiger charge is 2.18. The molecule has 17 heavy (non-hydrogen) atoms. The van der Waals surface area contributed by atoms with E-state index in [0.717, 1.165) is 30.0 Å². The number of rotatable bonds is 1. The van der Waals surface area contributed by atoms with E-state index in [4.69, 9.17) is 0 Å². The van der Waals surface area contributed by atoms with E-state index in [1.54, 1.807) is 0 Å². The second-order valence-corrected chi connectivity index (χ2v) is 8.15. The predicted octanol–water partition coefficient (Wildman–Crippen LogP) is 3.27. The molecule has 0 bridgehead atoms. The van der Waals surface area contributed by atoms with Gasteiger partial charge in [0.05, 0.1) is 9.73 Å². The topological polar surface area (TPSA) is 42.3 Å². The van der Waals surface area contributed by atoms with Crippen LogP contribution in [0.4, 0.5) is 5.82 Å². The van der Waals surface area contributed by atoms with Crippen molar-refractivity contribution in [1.82, 2.24) is 4.98 Å². The summed E-state index contributed by atoms with van der Waals surface area (Å²) in [7, 11) is -2.01. The molecule has 0 aliphatic carbocycles. The molecule has 2 heterocycles. The Labute approximate surface area is 104 Å². The maximum Gasteiger partial charge on any atom is 0.161 e. The van der Waals surface area contributed by atoms with E-state index >= 15 is 0 Å². The molecule has 4 heteroatoms. The highest BCUT2D eigenvalue weighted by Crippen LogP contribution is 2.24. The van der Waals surface area contributed by atoms with E-state index in [9.17, 15) is 4.21 Å². The van der Waals surface area contributed by atoms with Crippen LogP contribution in [0.3, 0.4) is 0 Å². The molecule has 94 valence electrons. The van der Waals surface area contributed by atoms with Crippen molar-refractivity contribution in [3.8, 4) is 0 Å². The summed E-state index contributed by atoms with van der Waals surface area (Å²) in [6, 6.07) is 5.80. The summed E-state index contributed by atoms with van der Waals surface area (Å²) >= 11 is 0. The first-order valence-corrected chi connectivity index (χ1v) is 7.94. The molecule has 1 aliphatic rings. The molecule has 0 amide bonds. The summed E-state index contributed by atoms with van der Waals surface area (Å²) in [5, 5.41) is 0. The van der Waals surface area contributed by atoms with Crippen molar-refractivity contribution >= 4 is 15.5 Å². The Kier molecular flexibility index (Phi) is 3.25. The number of pyridine rings is 1. The first kappa shape index (κ1) is 12.6. The van der Waals surface area contributed by atoms with E-state index in [-0.39, 0.29) is 5.41 Å². The van der Waals surface area contributed by atoms with Gasteiger partial charge in [-0.15, -0.1) is 0 Å². The van der Waals surface area contributed by atoms with Crippen LogP contribution in [0.2, 0.25) is 0 Å². The Morgan fingerprint density at radius 3 is 2.47 bits per heavy atom. The van der Waals surface area contributed by atoms with Crippen molar-refractivity contribution in [3.05, 3.63) is 23.9 Å². The lowest BCUT2D eigenvalue weighted by atomic mass is 9.92. The van der Waals surface area contributed by atoms with Crippen LogP contribution >= 0.6 is 0 Å². The van der Waals surface area contributed by atoms with Crippen molar-refractivity contribution in [2.24, 2.45) is 4.36 Å². The van der Waals surface area contributed by atoms with Crippen LogP contribution in [-0.2, 0) is 15.1 Å². The Morgan fingerprint density at radius 1 is 1.24 bits per heavy atom. The number of aromatic nitrogens is 1. The fourth-order valence-electron chi connectivity index (χ4n) is 1.91. The lowest BCUT2D eigenvalue weighted by Gasteiger charge is -2.17. The van der Waals surface area contributed by atoms with E-state index < -0.39 is 9.73 Å². The average molecular weight is 252 g/mol. The lowest BCUT2D eigenvalue weighted by Crippen LogP contribution is -2.13. The van der Waals surface area contributed by atoms with Crippen molar-refractivity contribution in [3.63, 3.8) is 0 Å². The zero-order chi connectivity index (χ0) is 12.5. The molecule has 0 unspecified atom stereocenters. The lowest BCUT2D eigenvalue weighted by molar-refractivity contribution is 0.569. The van der Waals surface area contributed by atoms with Gasteiger partial charge in [-0.1, -0.05) is 26.8 Å². The van der Waals surface area contributed by atoms with Crippen LogP contribution in [0.25, 0.3) is 0 Å². The van der Waals surface area contributed by atoms with Gasteiger partial charge in [0.25, 0.3) is 0 Å². The van der Waals surface area contributed by atoms with Gasteiger partial charge in [0.1, 0.15) is 0 Å². The van der Waals surface area contributed by atoms with Gasteiger partial charge in [0, 0.05) is 22.6 Å². The Bertz CT molecular complexity index is 510. The summed E-state index contributed by atoms with van der Waals surface area (Å²) in [6.45, 7) is 6.36. The predicted molar refractivity (Wildman–Crippen MR) is 72.1 cm³/mol. The van der Waals surface area contributed by atoms with Crippen molar-refractivity contribution in [2.45, 2.75) is 39.0 Å². The van der Waals surface area contributed by atoms with Gasteiger partial charge in [0.15, 0.2) is 5.82 Å². The van der Waals surface area contributed by atoms with Gasteiger partial charge < -0.3 is 0 Å². The van der Waals surface area contributed by atoms with Gasteiger partial charge in [0.2, 0.25) is 0 Å². The molecule has 1 aromatic rings. The monoisotopic (exact) mass is 252 g/mol. The SMILES string of the molecule is CC(C)(C)c1cccc(N=S2(=O)CCCC2)n1. The fraction of sp³-hybridized carbons (Fsp3) is 0.615. The van der Waals surface area contributed by atoms with Crippen molar-refractivity contribution < 1.29 is 4.21 Å². The van der Waals surface area contributed by atoms with Crippen LogP contribution in [0.15, 0.2) is 22.6 Å². The molecule has 0 spiro atoms. The molecule has 0 aromatic carbocycles. The summed E-state index contributed by atoms with van der Waals surface area (Å²) in [4.78, 5) is 4.51. The Hall–Kier alpha value is -0.900. The van der Waals surface area contributed by atoms with Gasteiger partial charge in [-0.05, 0) is 25.0 Å². The van der Waals surface area contributed by atoms with Crippen LogP contribution in [-0.4, -0.2) is 20.7 Å². The zero-order valence-corrected chi connectivity index (χ0v) is 11.6. The first-order valence-electron chi connectivity index (χ1n) is 6.09. The fourth-order valence-corrected chi connectivity index (χ4v) is 4.05. The smallest absolute Gasteiger partial charge is 0.161 e. The summed E-state index contributed by atoms with van der Waals surface area (Å²) in [5.41, 5.74) is 1.01. The molecule has 1 aromatic heterocycles. The van der Waals surface area contributed by atoms with Crippen molar-refractivity contribution in [2.75, 3.05) is 11.5 Å². The van der Waals surface area contributed by atoms with E-state index in [1.807, 2.05) is 18.2 Å². The minimum Gasteiger partial charge on any atom is -0.249 e. The van der Waals surface area contributed by atoms with E-state index in [2.05, 4.69) is 30.1 Å². The molecular weight excluding hydrogens is 232 g/mol. The third-order valence-electron chi connectivity index (χ3n) is 2.94. The molecule has 3 nitrogen and oxygen atoms in total. The largest absolute Gasteiger partial charge is 0.249 e. The number of hydrogen-bond acceptors (Lipinski definition) is 3. The second kappa shape index (κ2) is 4.41. The molecule has 1 saturated heterocycles. The van der Waals surface area contributed by atoms with E-state index in [0.29, 0.717) is 5.82 Å². The van der Waals surface area contributed by atoms with Gasteiger partial charge in [-0.3, -0.25) is 0 Å². The highest BCUT2D eigenvalue weighted by molar-refractivity contribution is 7.93. The molecule has 1 fully saturated rings. The number of hydrogen-bond donors (Lipinski definition) is 0. The summed E-state index contributed by atoms with van der Waals surface area (Å²) in [6.07, 6.45) is 2.06. The van der Waals surface area contributed by atoms with Gasteiger partial charge in [-0.2, -0.15) is 4.36 Å². The first-order chi connectivity index (χ1) is 7.89. The number of nitrogens with zero attached hydrogens (tertiary/aromatic N) is 2. The Morgan fingerprint density at radius 2 is 1.88 bits per heavy atom. The zero-order valence-electron chi connectivity index (χ0n) is 10.8. The molecular formula is C13H20N2OS. The maximum atomic E-state index is 12.3. The van der Waals surface area contributed by atoms with E-state index in [1.165, 1.54) is 0 Å². The third-order valence-corrected chi connectivity index (χ3v) is 5.31. The standard InChI is InChI=1S/C13H20N2OS/c1-13(2,3)11-7-6-8-12(14-11)15-17(16)9-4-5-10-17/h6-8H,4-5,9-10H2,1-3H3. The highest BCUT2D eigenvalue weighted by atomic mass is 32.2. The minimum atomic E-state index is -2.01. The van der Waals surface area contributed by atoms with Crippen LogP contribution < -0.4 is 0 Å². The molecule has 0 radical (unpaired) electrons. The second-order valence-electron chi connectivity index (χ2n) is 5.61. The molecule has 2 rings (SSSR count). The van der Waals surface area contributed by atoms with Crippen LogP contribution in [0.5, 0.6) is 0 Å². The normalized spacial score (nSPS) is 19.2. The molecule has 0 atom stereocenters. The third kappa shape index (κ3) is 3.06. The summed E-state index contributed by atoms with van der Waals surface area (Å²) < 4.78 is 16.7. The quantitative estimate of drug-likeness (QED) is 0.769. The van der Waals surface area contributed by atoms with Gasteiger partial charge in [-0.25, -0.2) is 9.19 Å². The maximum absolute atomic E-state index is 12.3. The average Bonchev–Trinajstić information content (AvgIpc) is 2.64. The molecule has 0 saturated carbocycles. The summed E-state index contributed by atoms with van der Waals surface area (Å²) in [5.74, 6) is 2.09.